The van der Waals surface area contributed by atoms with Crippen molar-refractivity contribution in [3.63, 3.8) is 0 Å². The number of benzene rings is 1. The Kier molecular flexibility index (Phi) is 2.51. The van der Waals surface area contributed by atoms with Crippen molar-refractivity contribution in [2.75, 3.05) is 18.0 Å². The van der Waals surface area contributed by atoms with E-state index in [-0.39, 0.29) is 0 Å². The zero-order valence-electron chi connectivity index (χ0n) is 9.36. The van der Waals surface area contributed by atoms with Gasteiger partial charge in [0.2, 0.25) is 0 Å². The minimum absolute atomic E-state index is 0.489. The Bertz CT molecular complexity index is 349. The number of anilines is 1. The molecule has 0 saturated carbocycles. The molecule has 80 valence electrons. The Morgan fingerprint density at radius 3 is 2.40 bits per heavy atom. The highest BCUT2D eigenvalue weighted by Gasteiger charge is 2.36. The third-order valence-electron chi connectivity index (χ3n) is 3.39. The fourth-order valence-electron chi connectivity index (χ4n) is 2.05. The summed E-state index contributed by atoms with van der Waals surface area (Å²) in [4.78, 5) is 12.9. The lowest BCUT2D eigenvalue weighted by Crippen LogP contribution is -2.54. The molecule has 0 amide bonds. The molecule has 0 N–H and O–H groups in total. The van der Waals surface area contributed by atoms with E-state index in [1.165, 1.54) is 12.1 Å². The van der Waals surface area contributed by atoms with Gasteiger partial charge >= 0.3 is 0 Å². The topological polar surface area (TPSA) is 20.3 Å². The maximum absolute atomic E-state index is 10.5. The quantitative estimate of drug-likeness (QED) is 0.704. The summed E-state index contributed by atoms with van der Waals surface area (Å²) < 4.78 is 0. The van der Waals surface area contributed by atoms with Crippen LogP contribution in [0.5, 0.6) is 0 Å². The van der Waals surface area contributed by atoms with Crippen LogP contribution in [0.1, 0.15) is 30.6 Å². The molecule has 0 unspecified atom stereocenters. The van der Waals surface area contributed by atoms with E-state index in [9.17, 15) is 4.79 Å². The molecule has 1 heterocycles. The van der Waals surface area contributed by atoms with Crippen molar-refractivity contribution in [2.45, 2.75) is 20.3 Å². The highest BCUT2D eigenvalue weighted by molar-refractivity contribution is 5.75. The Morgan fingerprint density at radius 2 is 1.93 bits per heavy atom. The van der Waals surface area contributed by atoms with Crippen molar-refractivity contribution in [1.82, 2.24) is 0 Å². The molecule has 1 aliphatic rings. The molecule has 15 heavy (non-hydrogen) atoms. The maximum atomic E-state index is 10.5. The van der Waals surface area contributed by atoms with Crippen molar-refractivity contribution < 1.29 is 4.79 Å². The summed E-state index contributed by atoms with van der Waals surface area (Å²) in [6.07, 6.45) is 2.12. The Hall–Kier alpha value is -1.31. The van der Waals surface area contributed by atoms with Gasteiger partial charge in [-0.25, -0.2) is 0 Å². The van der Waals surface area contributed by atoms with Gasteiger partial charge in [-0.15, -0.1) is 0 Å². The summed E-state index contributed by atoms with van der Waals surface area (Å²) >= 11 is 0. The van der Waals surface area contributed by atoms with Crippen LogP contribution in [0.25, 0.3) is 0 Å². The number of carbonyl (C=O) groups is 1. The molecule has 0 aliphatic carbocycles. The molecule has 1 saturated heterocycles. The Morgan fingerprint density at radius 1 is 1.33 bits per heavy atom. The zero-order valence-corrected chi connectivity index (χ0v) is 9.36. The molecule has 1 fully saturated rings. The summed E-state index contributed by atoms with van der Waals surface area (Å²) in [6.45, 7) is 6.82. The van der Waals surface area contributed by atoms with Gasteiger partial charge in [0.1, 0.15) is 6.29 Å². The highest BCUT2D eigenvalue weighted by Crippen LogP contribution is 2.36. The lowest BCUT2D eigenvalue weighted by Gasteiger charge is -2.49. The van der Waals surface area contributed by atoms with Gasteiger partial charge in [-0.1, -0.05) is 13.8 Å². The third kappa shape index (κ3) is 1.89. The average molecular weight is 203 g/mol. The molecular weight excluding hydrogens is 186 g/mol. The first-order valence-corrected chi connectivity index (χ1v) is 5.47. The number of hydrogen-bond donors (Lipinski definition) is 0. The number of carbonyl (C=O) groups excluding carboxylic acids is 1. The monoisotopic (exact) mass is 203 g/mol. The van der Waals surface area contributed by atoms with Crippen LogP contribution in [0.2, 0.25) is 0 Å². The molecule has 0 spiro atoms. The summed E-state index contributed by atoms with van der Waals surface area (Å²) in [5, 5.41) is 0. The zero-order chi connectivity index (χ0) is 10.9. The van der Waals surface area contributed by atoms with Crippen LogP contribution in [0, 0.1) is 5.41 Å². The Balaban J connectivity index is 2.04. The van der Waals surface area contributed by atoms with Crippen LogP contribution in [-0.4, -0.2) is 19.4 Å². The van der Waals surface area contributed by atoms with Gasteiger partial charge in [0, 0.05) is 29.8 Å². The van der Waals surface area contributed by atoms with Crippen LogP contribution >= 0.6 is 0 Å². The van der Waals surface area contributed by atoms with Gasteiger partial charge in [-0.2, -0.15) is 0 Å². The first-order chi connectivity index (χ1) is 7.17. The summed E-state index contributed by atoms with van der Waals surface area (Å²) in [5.41, 5.74) is 2.47. The van der Waals surface area contributed by atoms with Crippen molar-refractivity contribution in [1.29, 1.82) is 0 Å². The Labute approximate surface area is 90.9 Å². The minimum Gasteiger partial charge on any atom is -0.370 e. The van der Waals surface area contributed by atoms with E-state index in [0.29, 0.717) is 5.41 Å². The molecule has 0 aromatic heterocycles. The van der Waals surface area contributed by atoms with Crippen LogP contribution in [0.4, 0.5) is 5.69 Å². The second-order valence-corrected chi connectivity index (χ2v) is 4.73. The van der Waals surface area contributed by atoms with Gasteiger partial charge in [0.15, 0.2) is 0 Å². The van der Waals surface area contributed by atoms with Gasteiger partial charge < -0.3 is 4.90 Å². The lowest BCUT2D eigenvalue weighted by molar-refractivity contribution is 0.112. The number of hydrogen-bond acceptors (Lipinski definition) is 2. The molecule has 2 nitrogen and oxygen atoms in total. The van der Waals surface area contributed by atoms with Crippen molar-refractivity contribution in [3.8, 4) is 0 Å². The van der Waals surface area contributed by atoms with Gasteiger partial charge in [-0.3, -0.25) is 4.79 Å². The fraction of sp³-hybridized carbons (Fsp3) is 0.462. The van der Waals surface area contributed by atoms with E-state index in [4.69, 9.17) is 0 Å². The first-order valence-electron chi connectivity index (χ1n) is 5.47. The normalized spacial score (nSPS) is 18.4. The third-order valence-corrected chi connectivity index (χ3v) is 3.39. The van der Waals surface area contributed by atoms with E-state index < -0.39 is 0 Å². The van der Waals surface area contributed by atoms with Gasteiger partial charge in [0.05, 0.1) is 0 Å². The van der Waals surface area contributed by atoms with Gasteiger partial charge in [-0.05, 0) is 30.7 Å². The molecule has 1 aromatic rings. The average Bonchev–Trinajstić information content (AvgIpc) is 2.25. The van der Waals surface area contributed by atoms with E-state index in [2.05, 4.69) is 18.7 Å². The summed E-state index contributed by atoms with van der Waals surface area (Å²) in [6, 6.07) is 7.81. The molecule has 0 atom stereocenters. The molecule has 1 aromatic carbocycles. The summed E-state index contributed by atoms with van der Waals surface area (Å²) in [7, 11) is 0. The highest BCUT2D eigenvalue weighted by atomic mass is 16.1. The predicted molar refractivity (Wildman–Crippen MR) is 62.4 cm³/mol. The minimum atomic E-state index is 0.489. The second-order valence-electron chi connectivity index (χ2n) is 4.73. The van der Waals surface area contributed by atoms with Crippen LogP contribution in [0.15, 0.2) is 24.3 Å². The van der Waals surface area contributed by atoms with E-state index >= 15 is 0 Å². The van der Waals surface area contributed by atoms with Crippen molar-refractivity contribution >= 4 is 12.0 Å². The molecular formula is C13H17NO. The van der Waals surface area contributed by atoms with E-state index in [0.717, 1.165) is 24.9 Å². The van der Waals surface area contributed by atoms with Crippen molar-refractivity contribution in [3.05, 3.63) is 29.8 Å². The van der Waals surface area contributed by atoms with E-state index in [1.54, 1.807) is 0 Å². The standard InChI is InChI=1S/C13H17NO/c1-3-13(2)9-14(10-13)12-6-4-11(8-15)5-7-12/h4-8H,3,9-10H2,1-2H3. The van der Waals surface area contributed by atoms with E-state index in [1.807, 2.05) is 24.3 Å². The largest absolute Gasteiger partial charge is 0.370 e. The second kappa shape index (κ2) is 3.69. The fourth-order valence-corrected chi connectivity index (χ4v) is 2.05. The molecule has 2 rings (SSSR count). The molecule has 1 aliphatic heterocycles. The lowest BCUT2D eigenvalue weighted by atomic mass is 9.79. The molecule has 2 heteroatoms. The summed E-state index contributed by atoms with van der Waals surface area (Å²) in [5.74, 6) is 0. The van der Waals surface area contributed by atoms with Crippen LogP contribution in [-0.2, 0) is 0 Å². The van der Waals surface area contributed by atoms with Gasteiger partial charge in [0.25, 0.3) is 0 Å². The molecule has 0 bridgehead atoms. The van der Waals surface area contributed by atoms with Crippen LogP contribution < -0.4 is 4.90 Å². The SMILES string of the molecule is CCC1(C)CN(c2ccc(C=O)cc2)C1. The first kappa shape index (κ1) is 10.2. The maximum Gasteiger partial charge on any atom is 0.150 e. The predicted octanol–water partition coefficient (Wildman–Crippen LogP) is 2.74. The number of rotatable bonds is 3. The number of nitrogens with zero attached hydrogens (tertiary/aromatic N) is 1. The molecule has 0 radical (unpaired) electrons. The smallest absolute Gasteiger partial charge is 0.150 e. The van der Waals surface area contributed by atoms with Crippen molar-refractivity contribution in [2.24, 2.45) is 5.41 Å². The van der Waals surface area contributed by atoms with Crippen LogP contribution in [0.3, 0.4) is 0 Å². The number of aldehydes is 1.